The van der Waals surface area contributed by atoms with E-state index < -0.39 is 23.8 Å². The average molecular weight is 831 g/mol. The molecule has 5 aromatic rings. The topological polar surface area (TPSA) is 129 Å². The number of ether oxygens (including phenoxy) is 2. The number of imide groups is 2. The fraction of sp³-hybridized carbons (Fsp3) is 0.362. The molecule has 5 heterocycles. The van der Waals surface area contributed by atoms with Gasteiger partial charge in [0.15, 0.2) is 5.75 Å². The molecule has 4 amide bonds. The van der Waals surface area contributed by atoms with Crippen LogP contribution in [-0.2, 0) is 9.59 Å². The number of nitrogens with one attached hydrogen (secondary N) is 1. The summed E-state index contributed by atoms with van der Waals surface area (Å²) in [6, 6.07) is 23.8. The molecule has 0 saturated carbocycles. The number of nitrogens with zero attached hydrogens (tertiary/aromatic N) is 3. The molecule has 0 aliphatic carbocycles. The summed E-state index contributed by atoms with van der Waals surface area (Å²) in [5.41, 5.74) is 2.58. The van der Waals surface area contributed by atoms with Crippen LogP contribution in [0.15, 0.2) is 84.9 Å². The number of amides is 4. The second-order valence-electron chi connectivity index (χ2n) is 16.3. The van der Waals surface area contributed by atoms with Crippen molar-refractivity contribution in [3.63, 3.8) is 0 Å². The van der Waals surface area contributed by atoms with E-state index in [0.717, 1.165) is 108 Å². The normalized spacial score (nSPS) is 19.6. The van der Waals surface area contributed by atoms with Crippen LogP contribution in [0.25, 0.3) is 20.5 Å². The van der Waals surface area contributed by atoms with Crippen LogP contribution in [-0.4, -0.2) is 95.4 Å². The van der Waals surface area contributed by atoms with Gasteiger partial charge in [0.05, 0.1) is 22.6 Å². The molecule has 0 bridgehead atoms. The van der Waals surface area contributed by atoms with Crippen molar-refractivity contribution in [3.8, 4) is 33.4 Å². The third kappa shape index (κ3) is 8.39. The lowest BCUT2D eigenvalue weighted by Crippen LogP contribution is -2.54. The molecule has 4 aliphatic heterocycles. The second kappa shape index (κ2) is 17.2. The van der Waals surface area contributed by atoms with Gasteiger partial charge in [0, 0.05) is 16.5 Å². The molecule has 3 saturated heterocycles. The van der Waals surface area contributed by atoms with Gasteiger partial charge in [-0.3, -0.25) is 29.4 Å². The Kier molecular flexibility index (Phi) is 11.4. The Morgan fingerprint density at radius 3 is 2.15 bits per heavy atom. The van der Waals surface area contributed by atoms with E-state index in [2.05, 4.69) is 15.1 Å². The van der Waals surface area contributed by atoms with Crippen molar-refractivity contribution in [1.82, 2.24) is 20.0 Å². The summed E-state index contributed by atoms with van der Waals surface area (Å²) in [7, 11) is 0. The lowest BCUT2D eigenvalue weighted by atomic mass is 9.87. The molecule has 1 atom stereocenters. The number of likely N-dealkylation sites (tertiary alicyclic amines) is 2. The van der Waals surface area contributed by atoms with Crippen LogP contribution in [0, 0.1) is 11.7 Å². The number of piperidine rings is 3. The van der Waals surface area contributed by atoms with E-state index >= 15 is 0 Å². The summed E-state index contributed by atoms with van der Waals surface area (Å²) in [6.07, 6.45) is 5.52. The monoisotopic (exact) mass is 830 g/mol. The Hall–Kier alpha value is -5.63. The van der Waals surface area contributed by atoms with E-state index in [-0.39, 0.29) is 30.3 Å². The van der Waals surface area contributed by atoms with Crippen molar-refractivity contribution in [2.24, 2.45) is 5.92 Å². The molecule has 13 heteroatoms. The number of thiophene rings is 1. The third-order valence-corrected chi connectivity index (χ3v) is 13.6. The molecule has 11 nitrogen and oxygen atoms in total. The first-order valence-corrected chi connectivity index (χ1v) is 21.7. The molecule has 310 valence electrons. The third-order valence-electron chi connectivity index (χ3n) is 12.4. The number of carbonyl (C=O) groups is 4. The SMILES string of the molecule is O=C1CCC(N2C(=O)c3ccc(C4CCN(CCCN5CCC(COc6ccc(Oc7c(-c8ccc(F)cc8)sc8cc(O)ccc78)cc6)CC5)CC4)cc3C2=O)C(=O)N1. The van der Waals surface area contributed by atoms with Gasteiger partial charge in [-0.15, -0.1) is 11.3 Å². The lowest BCUT2D eigenvalue weighted by molar-refractivity contribution is -0.136. The van der Waals surface area contributed by atoms with Gasteiger partial charge >= 0.3 is 0 Å². The van der Waals surface area contributed by atoms with Crippen molar-refractivity contribution >= 4 is 45.1 Å². The van der Waals surface area contributed by atoms with Crippen molar-refractivity contribution in [2.75, 3.05) is 45.9 Å². The van der Waals surface area contributed by atoms with Crippen molar-refractivity contribution in [2.45, 2.75) is 56.9 Å². The zero-order chi connectivity index (χ0) is 41.3. The number of benzene rings is 4. The molecule has 3 fully saturated rings. The lowest BCUT2D eigenvalue weighted by Gasteiger charge is -2.34. The largest absolute Gasteiger partial charge is 0.508 e. The molecule has 1 aromatic heterocycles. The number of aromatic hydroxyl groups is 1. The number of rotatable bonds is 12. The van der Waals surface area contributed by atoms with E-state index in [9.17, 15) is 28.7 Å². The van der Waals surface area contributed by atoms with Crippen LogP contribution in [0.2, 0.25) is 0 Å². The van der Waals surface area contributed by atoms with Crippen molar-refractivity contribution in [1.29, 1.82) is 0 Å². The average Bonchev–Trinajstić information content (AvgIpc) is 3.73. The Morgan fingerprint density at radius 1 is 0.750 bits per heavy atom. The van der Waals surface area contributed by atoms with Gasteiger partial charge < -0.3 is 24.4 Å². The molecule has 60 heavy (non-hydrogen) atoms. The fourth-order valence-electron chi connectivity index (χ4n) is 9.02. The van der Waals surface area contributed by atoms with Crippen LogP contribution in [0.3, 0.4) is 0 Å². The summed E-state index contributed by atoms with van der Waals surface area (Å²) in [5.74, 6) is 0.904. The summed E-state index contributed by atoms with van der Waals surface area (Å²) in [5, 5.41) is 13.2. The smallest absolute Gasteiger partial charge is 0.262 e. The van der Waals surface area contributed by atoms with Crippen LogP contribution in [0.4, 0.5) is 4.39 Å². The van der Waals surface area contributed by atoms with Crippen LogP contribution >= 0.6 is 11.3 Å². The van der Waals surface area contributed by atoms with E-state index in [1.807, 2.05) is 42.5 Å². The quantitative estimate of drug-likeness (QED) is 0.120. The van der Waals surface area contributed by atoms with Crippen LogP contribution in [0.1, 0.15) is 77.1 Å². The second-order valence-corrected chi connectivity index (χ2v) is 17.4. The van der Waals surface area contributed by atoms with Gasteiger partial charge in [-0.25, -0.2) is 4.39 Å². The van der Waals surface area contributed by atoms with Gasteiger partial charge in [0.25, 0.3) is 11.8 Å². The number of phenols is 1. The molecule has 0 spiro atoms. The van der Waals surface area contributed by atoms with E-state index in [1.165, 1.54) is 23.5 Å². The number of hydrogen-bond acceptors (Lipinski definition) is 10. The number of fused-ring (bicyclic) bond motifs is 2. The number of halogens is 1. The Bertz CT molecular complexity index is 2420. The summed E-state index contributed by atoms with van der Waals surface area (Å²) in [6.45, 7) is 6.88. The van der Waals surface area contributed by atoms with E-state index in [1.54, 1.807) is 30.3 Å². The summed E-state index contributed by atoms with van der Waals surface area (Å²) >= 11 is 1.49. The minimum Gasteiger partial charge on any atom is -0.508 e. The van der Waals surface area contributed by atoms with Crippen LogP contribution in [0.5, 0.6) is 23.0 Å². The van der Waals surface area contributed by atoms with E-state index in [4.69, 9.17) is 9.47 Å². The predicted octanol–water partition coefficient (Wildman–Crippen LogP) is 7.97. The molecular weight excluding hydrogens is 784 g/mol. The molecule has 2 N–H and O–H groups in total. The molecule has 4 aliphatic rings. The molecule has 0 radical (unpaired) electrons. The van der Waals surface area contributed by atoms with Gasteiger partial charge in [-0.2, -0.15) is 0 Å². The zero-order valence-electron chi connectivity index (χ0n) is 33.2. The van der Waals surface area contributed by atoms with Crippen molar-refractivity contribution in [3.05, 3.63) is 107 Å². The van der Waals surface area contributed by atoms with Gasteiger partial charge in [-0.1, -0.05) is 18.2 Å². The highest BCUT2D eigenvalue weighted by atomic mass is 32.1. The maximum Gasteiger partial charge on any atom is 0.262 e. The van der Waals surface area contributed by atoms with Gasteiger partial charge in [0.2, 0.25) is 11.8 Å². The highest BCUT2D eigenvalue weighted by Crippen LogP contribution is 2.47. The maximum absolute atomic E-state index is 13.7. The molecule has 4 aromatic carbocycles. The van der Waals surface area contributed by atoms with E-state index in [0.29, 0.717) is 41.1 Å². The standard InChI is InChI=1S/C47H47FN4O7S/c48-33-5-2-31(3-6-33)44-43(38-13-7-34(53)27-41(38)60-44)59-36-10-8-35(9-11-36)58-28-29-16-22-50(23-17-29)20-1-21-51-24-18-30(19-25-51)32-4-12-37-39(26-32)47(57)52(46(37)56)40-14-15-42(54)49-45(40)55/h2-13,26-27,29-30,40,53H,1,14-25,28H2,(H,49,54,55). The number of carbonyl (C=O) groups excluding carboxylic acids is 4. The van der Waals surface area contributed by atoms with Crippen molar-refractivity contribution < 1.29 is 38.1 Å². The van der Waals surface area contributed by atoms with Crippen LogP contribution < -0.4 is 14.8 Å². The zero-order valence-corrected chi connectivity index (χ0v) is 34.1. The first kappa shape index (κ1) is 39.8. The summed E-state index contributed by atoms with van der Waals surface area (Å²) in [4.78, 5) is 57.5. The predicted molar refractivity (Wildman–Crippen MR) is 226 cm³/mol. The number of phenolic OH excluding ortho intramolecular Hbond substituents is 1. The maximum atomic E-state index is 13.7. The molecular formula is C47H47FN4O7S. The minimum absolute atomic E-state index is 0.103. The Morgan fingerprint density at radius 2 is 1.43 bits per heavy atom. The Labute approximate surface area is 351 Å². The Balaban J connectivity index is 0.695. The first-order valence-electron chi connectivity index (χ1n) is 20.9. The van der Waals surface area contributed by atoms with Gasteiger partial charge in [0.1, 0.15) is 29.1 Å². The number of hydrogen-bond donors (Lipinski definition) is 2. The highest BCUT2D eigenvalue weighted by molar-refractivity contribution is 7.22. The summed E-state index contributed by atoms with van der Waals surface area (Å²) < 4.78 is 27.2. The fourth-order valence-corrected chi connectivity index (χ4v) is 10.2. The van der Waals surface area contributed by atoms with Gasteiger partial charge in [-0.05, 0) is 167 Å². The highest BCUT2D eigenvalue weighted by Gasteiger charge is 2.45. The molecule has 1 unspecified atom stereocenters. The molecule has 9 rings (SSSR count). The first-order chi connectivity index (χ1) is 29.2. The minimum atomic E-state index is -0.954.